The Kier molecular flexibility index (Phi) is 2.85. The Morgan fingerprint density at radius 3 is 3.00 bits per heavy atom. The molecule has 0 spiro atoms. The third-order valence-corrected chi connectivity index (χ3v) is 3.40. The van der Waals surface area contributed by atoms with E-state index in [1.54, 1.807) is 11.8 Å². The summed E-state index contributed by atoms with van der Waals surface area (Å²) in [6.07, 6.45) is 1.96. The monoisotopic (exact) mass is 265 g/mol. The van der Waals surface area contributed by atoms with Crippen LogP contribution in [0.3, 0.4) is 0 Å². The van der Waals surface area contributed by atoms with Crippen LogP contribution < -0.4 is 15.2 Å². The van der Waals surface area contributed by atoms with E-state index in [0.717, 1.165) is 22.0 Å². The van der Waals surface area contributed by atoms with Gasteiger partial charge in [0.15, 0.2) is 11.5 Å². The van der Waals surface area contributed by atoms with Gasteiger partial charge >= 0.3 is 0 Å². The van der Waals surface area contributed by atoms with Gasteiger partial charge < -0.3 is 19.7 Å². The minimum Gasteiger partial charge on any atom is -0.454 e. The van der Waals surface area contributed by atoms with Gasteiger partial charge in [-0.3, -0.25) is 0 Å². The molecule has 2 aromatic rings. The number of ether oxygens (including phenoxy) is 2. The van der Waals surface area contributed by atoms with Crippen LogP contribution in [0.2, 0.25) is 0 Å². The Morgan fingerprint density at radius 1 is 1.39 bits per heavy atom. The van der Waals surface area contributed by atoms with E-state index in [9.17, 15) is 0 Å². The highest BCUT2D eigenvalue weighted by molar-refractivity contribution is 7.98. The zero-order chi connectivity index (χ0) is 12.5. The average Bonchev–Trinajstić information content (AvgIpc) is 3.05. The Bertz CT molecular complexity index is 585. The van der Waals surface area contributed by atoms with Crippen LogP contribution in [0.1, 0.15) is 5.89 Å². The molecule has 1 aromatic heterocycles. The van der Waals surface area contributed by atoms with Gasteiger partial charge in [0.25, 0.3) is 0 Å². The first kappa shape index (κ1) is 11.4. The van der Waals surface area contributed by atoms with E-state index in [1.165, 1.54) is 0 Å². The zero-order valence-electron chi connectivity index (χ0n) is 9.67. The topological polar surface area (TPSA) is 83.4 Å². The van der Waals surface area contributed by atoms with Gasteiger partial charge in [-0.25, -0.2) is 0 Å². The van der Waals surface area contributed by atoms with Crippen LogP contribution in [0.5, 0.6) is 11.5 Å². The molecule has 0 saturated carbocycles. The van der Waals surface area contributed by atoms with Crippen LogP contribution >= 0.6 is 11.8 Å². The van der Waals surface area contributed by atoms with Crippen LogP contribution in [0.4, 0.5) is 0 Å². The molecule has 6 nitrogen and oxygen atoms in total. The molecule has 0 radical (unpaired) electrons. The summed E-state index contributed by atoms with van der Waals surface area (Å²) in [6, 6.07) is 3.74. The molecule has 0 saturated heterocycles. The van der Waals surface area contributed by atoms with E-state index in [2.05, 4.69) is 10.1 Å². The van der Waals surface area contributed by atoms with Gasteiger partial charge in [0.05, 0.1) is 11.4 Å². The van der Waals surface area contributed by atoms with Crippen molar-refractivity contribution in [2.24, 2.45) is 5.73 Å². The van der Waals surface area contributed by atoms with Crippen molar-refractivity contribution >= 4 is 11.8 Å². The van der Waals surface area contributed by atoms with Gasteiger partial charge in [0.1, 0.15) is 0 Å². The zero-order valence-corrected chi connectivity index (χ0v) is 10.5. The van der Waals surface area contributed by atoms with Gasteiger partial charge in [-0.15, -0.1) is 11.8 Å². The number of rotatable bonds is 3. The first-order chi connectivity index (χ1) is 8.83. The molecule has 3 rings (SSSR count). The van der Waals surface area contributed by atoms with E-state index in [4.69, 9.17) is 19.7 Å². The molecule has 0 fully saturated rings. The lowest BCUT2D eigenvalue weighted by molar-refractivity contribution is 0.172. The largest absolute Gasteiger partial charge is 0.454 e. The molecular weight excluding hydrogens is 254 g/mol. The smallest absolute Gasteiger partial charge is 0.240 e. The molecule has 1 aliphatic rings. The summed E-state index contributed by atoms with van der Waals surface area (Å²) >= 11 is 1.55. The summed E-state index contributed by atoms with van der Waals surface area (Å²) in [5, 5.41) is 3.92. The quantitative estimate of drug-likeness (QED) is 0.844. The Labute approximate surface area is 107 Å². The second-order valence-electron chi connectivity index (χ2n) is 3.60. The maximum absolute atomic E-state index is 5.46. The first-order valence-corrected chi connectivity index (χ1v) is 6.55. The van der Waals surface area contributed by atoms with Crippen molar-refractivity contribution in [2.75, 3.05) is 13.0 Å². The summed E-state index contributed by atoms with van der Waals surface area (Å²) in [6.45, 7) is 0.471. The number of hydrogen-bond acceptors (Lipinski definition) is 7. The minimum atomic E-state index is 0.228. The highest BCUT2D eigenvalue weighted by Gasteiger charge is 2.23. The average molecular weight is 265 g/mol. The third kappa shape index (κ3) is 1.72. The van der Waals surface area contributed by atoms with Crippen molar-refractivity contribution in [2.45, 2.75) is 11.4 Å². The van der Waals surface area contributed by atoms with Crippen LogP contribution in [0, 0.1) is 0 Å². The highest BCUT2D eigenvalue weighted by Crippen LogP contribution is 2.45. The normalized spacial score (nSPS) is 13.0. The van der Waals surface area contributed by atoms with Crippen LogP contribution in [0.25, 0.3) is 11.4 Å². The number of nitrogens with two attached hydrogens (primary N) is 1. The predicted octanol–water partition coefficient (Wildman–Crippen LogP) is 1.65. The van der Waals surface area contributed by atoms with Crippen LogP contribution in [-0.2, 0) is 6.54 Å². The number of benzene rings is 1. The lowest BCUT2D eigenvalue weighted by Gasteiger charge is -2.06. The van der Waals surface area contributed by atoms with E-state index >= 15 is 0 Å². The fourth-order valence-corrected chi connectivity index (χ4v) is 2.50. The summed E-state index contributed by atoms with van der Waals surface area (Å²) in [5.41, 5.74) is 6.31. The predicted molar refractivity (Wildman–Crippen MR) is 65.5 cm³/mol. The second-order valence-corrected chi connectivity index (χ2v) is 4.41. The molecule has 0 amide bonds. The molecule has 0 aliphatic carbocycles. The Hall–Kier alpha value is -1.73. The standard InChI is InChI=1S/C11H11N3O3S/c1-18-10-6(11-13-8(4-12)17-14-11)2-3-7-9(10)16-5-15-7/h2-3H,4-5,12H2,1H3. The molecule has 1 aromatic carbocycles. The van der Waals surface area contributed by atoms with Crippen LogP contribution in [-0.4, -0.2) is 23.2 Å². The third-order valence-electron chi connectivity index (χ3n) is 2.58. The molecule has 18 heavy (non-hydrogen) atoms. The Balaban J connectivity index is 2.11. The Morgan fingerprint density at radius 2 is 2.28 bits per heavy atom. The van der Waals surface area contributed by atoms with E-state index in [0.29, 0.717) is 11.7 Å². The van der Waals surface area contributed by atoms with Crippen molar-refractivity contribution in [3.05, 3.63) is 18.0 Å². The van der Waals surface area contributed by atoms with Crippen molar-refractivity contribution in [1.82, 2.24) is 10.1 Å². The van der Waals surface area contributed by atoms with Gasteiger partial charge in [-0.1, -0.05) is 5.16 Å². The van der Waals surface area contributed by atoms with Gasteiger partial charge in [0, 0.05) is 5.56 Å². The van der Waals surface area contributed by atoms with E-state index in [1.807, 2.05) is 18.4 Å². The molecule has 0 unspecified atom stereocenters. The summed E-state index contributed by atoms with van der Waals surface area (Å²) in [7, 11) is 0. The molecule has 2 N–H and O–H groups in total. The summed E-state index contributed by atoms with van der Waals surface area (Å²) in [5.74, 6) is 2.40. The van der Waals surface area contributed by atoms with E-state index < -0.39 is 0 Å². The van der Waals surface area contributed by atoms with Gasteiger partial charge in [-0.05, 0) is 18.4 Å². The number of nitrogens with zero attached hydrogens (tertiary/aromatic N) is 2. The van der Waals surface area contributed by atoms with E-state index in [-0.39, 0.29) is 13.3 Å². The fraction of sp³-hybridized carbons (Fsp3) is 0.273. The SMILES string of the molecule is CSc1c(-c2noc(CN)n2)ccc2c1OCO2. The lowest BCUT2D eigenvalue weighted by atomic mass is 10.2. The molecule has 1 aliphatic heterocycles. The van der Waals surface area contributed by atoms with Gasteiger partial charge in [-0.2, -0.15) is 4.98 Å². The summed E-state index contributed by atoms with van der Waals surface area (Å²) < 4.78 is 15.8. The lowest BCUT2D eigenvalue weighted by Crippen LogP contribution is -1.96. The van der Waals surface area contributed by atoms with Gasteiger partial charge in [0.2, 0.25) is 18.5 Å². The van der Waals surface area contributed by atoms with Crippen molar-refractivity contribution in [1.29, 1.82) is 0 Å². The van der Waals surface area contributed by atoms with Crippen molar-refractivity contribution in [3.63, 3.8) is 0 Å². The molecule has 94 valence electrons. The van der Waals surface area contributed by atoms with Crippen molar-refractivity contribution in [3.8, 4) is 22.9 Å². The van der Waals surface area contributed by atoms with Crippen molar-refractivity contribution < 1.29 is 14.0 Å². The highest BCUT2D eigenvalue weighted by atomic mass is 32.2. The minimum absolute atomic E-state index is 0.228. The molecule has 0 atom stereocenters. The molecular formula is C11H11N3O3S. The fourth-order valence-electron chi connectivity index (χ4n) is 1.77. The van der Waals surface area contributed by atoms with Crippen LogP contribution in [0.15, 0.2) is 21.6 Å². The number of aromatic nitrogens is 2. The number of fused-ring (bicyclic) bond motifs is 1. The summed E-state index contributed by atoms with van der Waals surface area (Å²) in [4.78, 5) is 5.16. The molecule has 0 bridgehead atoms. The number of thioether (sulfide) groups is 1. The second kappa shape index (κ2) is 4.51. The number of hydrogen-bond donors (Lipinski definition) is 1. The molecule has 7 heteroatoms. The maximum Gasteiger partial charge on any atom is 0.240 e. The first-order valence-electron chi connectivity index (χ1n) is 5.33. The maximum atomic E-state index is 5.46. The molecule has 2 heterocycles.